The Morgan fingerprint density at radius 1 is 0.243 bits per heavy atom. The highest BCUT2D eigenvalue weighted by atomic mass is 32.1. The van der Waals surface area contributed by atoms with E-state index in [1.165, 1.54) is 92.0 Å². The van der Waals surface area contributed by atoms with Gasteiger partial charge in [-0.15, -0.1) is 22.7 Å². The van der Waals surface area contributed by atoms with Gasteiger partial charge in [-0.25, -0.2) is 0 Å². The van der Waals surface area contributed by atoms with Gasteiger partial charge in [0.15, 0.2) is 0 Å². The van der Waals surface area contributed by atoms with Crippen LogP contribution in [0.3, 0.4) is 0 Å². The fraction of sp³-hybridized carbons (Fsp3) is 0.194. The lowest BCUT2D eigenvalue weighted by atomic mass is 9.83. The molecule has 0 fully saturated rings. The van der Waals surface area contributed by atoms with Crippen LogP contribution in [0.2, 0.25) is 0 Å². The number of nitrogens with zero attached hydrogens (tertiary/aromatic N) is 2. The maximum Gasteiger partial charge on any atom is 0.143 e. The summed E-state index contributed by atoms with van der Waals surface area (Å²) in [5.41, 5.74) is 22.5. The van der Waals surface area contributed by atoms with Gasteiger partial charge < -0.3 is 18.0 Å². The average molecular weight is 1880 g/mol. The van der Waals surface area contributed by atoms with Crippen molar-refractivity contribution in [1.82, 2.24) is 9.13 Å². The second kappa shape index (κ2) is 38.1. The third-order valence-electron chi connectivity index (χ3n) is 26.0. The van der Waals surface area contributed by atoms with E-state index < -0.39 is 6.04 Å². The van der Waals surface area contributed by atoms with Crippen LogP contribution in [0.4, 0.5) is 0 Å². The van der Waals surface area contributed by atoms with Crippen molar-refractivity contribution in [3.05, 3.63) is 444 Å². The summed E-state index contributed by atoms with van der Waals surface area (Å²) in [5, 5.41) is 13.3. The number of hydrogen-bond donors (Lipinski definition) is 0. The molecule has 140 heavy (non-hydrogen) atoms. The summed E-state index contributed by atoms with van der Waals surface area (Å²) in [7, 11) is 0. The summed E-state index contributed by atoms with van der Waals surface area (Å²) < 4.78 is 169. The summed E-state index contributed by atoms with van der Waals surface area (Å²) >= 11 is 3.35. The third kappa shape index (κ3) is 18.9. The van der Waals surface area contributed by atoms with Crippen LogP contribution in [-0.4, -0.2) is 9.13 Å². The van der Waals surface area contributed by atoms with Crippen LogP contribution in [0.25, 0.3) is 184 Å². The Morgan fingerprint density at radius 3 is 1.14 bits per heavy atom. The van der Waals surface area contributed by atoms with Crippen LogP contribution < -0.4 is 0 Å². The molecular weight excluding hydrogens is 1730 g/mol. The van der Waals surface area contributed by atoms with Gasteiger partial charge in [0, 0.05) is 106 Å². The van der Waals surface area contributed by atoms with Crippen molar-refractivity contribution in [3.8, 4) is 55.9 Å². The molecule has 24 rings (SSSR count). The first-order valence-corrected chi connectivity index (χ1v) is 49.5. The summed E-state index contributed by atoms with van der Waals surface area (Å²) in [6.45, 7) is 42.8. The number of benzene rings is 18. The molecule has 0 spiro atoms. The molecule has 0 saturated heterocycles. The van der Waals surface area contributed by atoms with Gasteiger partial charge in [-0.3, -0.25) is 0 Å². The molecular formula is C134H126N2O2S2. The minimum atomic E-state index is -0.398. The second-order valence-electron chi connectivity index (χ2n) is 42.2. The molecule has 696 valence electrons. The zero-order valence-electron chi connectivity index (χ0n) is 101. The maximum atomic E-state index is 8.60. The van der Waals surface area contributed by atoms with Crippen molar-refractivity contribution in [1.29, 1.82) is 0 Å². The minimum absolute atomic E-state index is 0.0166. The Balaban J connectivity index is 0.000000118. The first-order valence-electron chi connectivity index (χ1n) is 56.9. The molecule has 0 N–H and O–H groups in total. The molecule has 6 aromatic heterocycles. The monoisotopic (exact) mass is 1880 g/mol. The first kappa shape index (κ1) is 74.7. The molecule has 18 aromatic carbocycles. The van der Waals surface area contributed by atoms with Gasteiger partial charge in [-0.1, -0.05) is 463 Å². The molecule has 6 heteroatoms. The lowest BCUT2D eigenvalue weighted by Gasteiger charge is -2.21. The topological polar surface area (TPSA) is 36.1 Å². The SMILES string of the molecule is CC(C)(C)c1ccc(-n2c3ccccc3c3ccccc32)cc1.CC(C)(C)c1cccc(-n2c3ccccc3c3ccccc32)c1.[2H]c1c([2H])c(C)c([2H])c(-c2cccc3oc4cccc(C(C)(C)C)c4c23)c1[2H].[2H]c1c([2H])c(C)c([2H])c(-c2cccc3sc4cccc(C(C)(C)C)c4c23)c1[2H].[2H]c1c([2H])c([2H])c(-c2cccc3c2oc2c(C(C)(C)C)cccc23)c([2H])c1[2H].[2H]c1c([2H])c([2H])c(-c2cccc3c2sc2c(C(C)(C)C)cccc23)c([2H])c1[2H]. The zero-order chi connectivity index (χ0) is 114. The minimum Gasteiger partial charge on any atom is -0.456 e. The molecule has 0 aliphatic carbocycles. The predicted molar refractivity (Wildman–Crippen MR) is 611 cm³/mol. The number of furan rings is 2. The van der Waals surface area contributed by atoms with E-state index >= 15 is 0 Å². The Bertz CT molecular complexity index is 9270. The average Bonchev–Trinajstić information content (AvgIpc) is 1.57. The number of rotatable bonds is 6. The van der Waals surface area contributed by atoms with Gasteiger partial charge in [-0.05, 0) is 186 Å². The van der Waals surface area contributed by atoms with Gasteiger partial charge in [0.1, 0.15) is 22.3 Å². The van der Waals surface area contributed by atoms with Gasteiger partial charge in [0.05, 0.1) is 46.7 Å². The predicted octanol–water partition coefficient (Wildman–Crippen LogP) is 39.9. The number of fused-ring (bicyclic) bond motifs is 18. The smallest absolute Gasteiger partial charge is 0.143 e. The highest BCUT2D eigenvalue weighted by Gasteiger charge is 2.28. The number of para-hydroxylation sites is 6. The fourth-order valence-electron chi connectivity index (χ4n) is 19.2. The lowest BCUT2D eigenvalue weighted by molar-refractivity contribution is 0.573. The van der Waals surface area contributed by atoms with Crippen molar-refractivity contribution in [2.75, 3.05) is 0 Å². The second-order valence-corrected chi connectivity index (χ2v) is 44.3. The zero-order valence-corrected chi connectivity index (χ0v) is 84.9. The fourth-order valence-corrected chi connectivity index (χ4v) is 21.9. The van der Waals surface area contributed by atoms with Crippen molar-refractivity contribution < 1.29 is 33.5 Å². The van der Waals surface area contributed by atoms with Crippen LogP contribution in [0.15, 0.2) is 409 Å². The van der Waals surface area contributed by atoms with Crippen LogP contribution in [0.1, 0.15) is 194 Å². The van der Waals surface area contributed by atoms with Crippen molar-refractivity contribution in [2.45, 2.75) is 171 Å². The number of thiophene rings is 2. The molecule has 0 amide bonds. The van der Waals surface area contributed by atoms with Gasteiger partial charge in [0.25, 0.3) is 0 Å². The molecule has 4 nitrogen and oxygen atoms in total. The van der Waals surface area contributed by atoms with Crippen molar-refractivity contribution in [3.63, 3.8) is 0 Å². The molecule has 24 aromatic rings. The number of hydrogen-bond acceptors (Lipinski definition) is 4. The normalized spacial score (nSPS) is 13.9. The van der Waals surface area contributed by atoms with Crippen LogP contribution in [0.5, 0.6) is 0 Å². The van der Waals surface area contributed by atoms with Crippen LogP contribution in [-0.2, 0) is 32.5 Å². The summed E-state index contributed by atoms with van der Waals surface area (Å²) in [4.78, 5) is 0. The van der Waals surface area contributed by atoms with E-state index in [9.17, 15) is 0 Å². The van der Waals surface area contributed by atoms with E-state index in [-0.39, 0.29) is 146 Å². The summed E-state index contributed by atoms with van der Waals surface area (Å²) in [6.07, 6.45) is 0. The Kier molecular flexibility index (Phi) is 20.3. The first-order chi connectivity index (χ1) is 74.6. The summed E-state index contributed by atoms with van der Waals surface area (Å²) in [6, 6.07) is 97.0. The van der Waals surface area contributed by atoms with Crippen LogP contribution in [0, 0.1) is 13.8 Å². The van der Waals surface area contributed by atoms with E-state index in [1.807, 2.05) is 91.0 Å². The standard InChI is InChI=1S/C23H22O.C23H22S.2C22H21N.C22H20O.C22H20S/c2*1-15-8-5-9-16(14-15)17-10-6-12-19-21(17)22-18(23(2,3)4)11-7-13-20(22)24-19;1-22(2,3)16-9-8-10-17(15-16)23-20-13-6-4-11-18(20)19-12-5-7-14-21(19)23;1-22(2,3)16-12-14-17(15-13-16)23-20-10-6-4-8-18(20)19-9-5-7-11-21(19)23;2*1-22(2,3)19-14-8-13-18-17-12-7-11-16(20(17)23-21(18)19)15-9-5-4-6-10-15/h2*5-14H,1-4H3;2*4-15H,1-3H3;2*4-14H,1-3H3/i2*5D,8D,9D,14D;;;2*4D,5D,6D,9D,10D. The van der Waals surface area contributed by atoms with E-state index in [4.69, 9.17) is 33.5 Å². The van der Waals surface area contributed by atoms with Crippen molar-refractivity contribution >= 4 is 151 Å². The molecule has 0 saturated carbocycles. The summed E-state index contributed by atoms with van der Waals surface area (Å²) in [5.74, 6) is 0. The molecule has 6 heterocycles. The van der Waals surface area contributed by atoms with Gasteiger partial charge in [-0.2, -0.15) is 0 Å². The highest BCUT2D eigenvalue weighted by Crippen LogP contribution is 2.49. The Hall–Kier alpha value is -14.4. The van der Waals surface area contributed by atoms with E-state index in [0.717, 1.165) is 75.0 Å². The molecule has 0 atom stereocenters. The largest absolute Gasteiger partial charge is 0.456 e. The Labute approximate surface area is 859 Å². The maximum absolute atomic E-state index is 8.60. The third-order valence-corrected chi connectivity index (χ3v) is 28.4. The van der Waals surface area contributed by atoms with Gasteiger partial charge >= 0.3 is 0 Å². The quantitative estimate of drug-likeness (QED) is 0.166. The van der Waals surface area contributed by atoms with E-state index in [2.05, 4.69) is 328 Å². The molecule has 0 unspecified atom stereocenters. The number of aromatic nitrogens is 2. The van der Waals surface area contributed by atoms with E-state index in [0.29, 0.717) is 50.1 Å². The molecule has 0 aliphatic heterocycles. The molecule has 0 radical (unpaired) electrons. The van der Waals surface area contributed by atoms with Gasteiger partial charge in [0.2, 0.25) is 0 Å². The van der Waals surface area contributed by atoms with Crippen LogP contribution >= 0.6 is 22.7 Å². The lowest BCUT2D eigenvalue weighted by Crippen LogP contribution is -2.11. The van der Waals surface area contributed by atoms with Crippen molar-refractivity contribution in [2.24, 2.45) is 0 Å². The Morgan fingerprint density at radius 2 is 0.621 bits per heavy atom. The highest BCUT2D eigenvalue weighted by molar-refractivity contribution is 7.26. The molecule has 0 aliphatic rings. The molecule has 0 bridgehead atoms. The van der Waals surface area contributed by atoms with E-state index in [1.54, 1.807) is 42.6 Å².